The minimum absolute atomic E-state index is 0.184. The molecule has 3 aromatic carbocycles. The van der Waals surface area contributed by atoms with Crippen molar-refractivity contribution < 1.29 is 38.1 Å². The summed E-state index contributed by atoms with van der Waals surface area (Å²) in [6, 6.07) is 14.9. The number of hydrogen-bond acceptors (Lipinski definition) is 8. The molecular weight excluding hydrogens is 478 g/mol. The first-order valence-electron chi connectivity index (χ1n) is 11.3. The first kappa shape index (κ1) is 25.3. The van der Waals surface area contributed by atoms with E-state index in [-0.39, 0.29) is 30.9 Å². The van der Waals surface area contributed by atoms with Gasteiger partial charge in [-0.15, -0.1) is 0 Å². The maximum absolute atomic E-state index is 12.8. The summed E-state index contributed by atoms with van der Waals surface area (Å²) in [6.45, 7) is -0.0748. The van der Waals surface area contributed by atoms with Crippen molar-refractivity contribution in [1.82, 2.24) is 0 Å². The summed E-state index contributed by atoms with van der Waals surface area (Å²) in [7, 11) is 4.55. The molecule has 190 valence electrons. The fourth-order valence-electron chi connectivity index (χ4n) is 3.76. The Balaban J connectivity index is 1.37. The summed E-state index contributed by atoms with van der Waals surface area (Å²) in [4.78, 5) is 36.6. The van der Waals surface area contributed by atoms with Crippen molar-refractivity contribution in [2.45, 2.75) is 6.61 Å². The largest absolute Gasteiger partial charge is 0.493 e. The smallest absolute Gasteiger partial charge is 0.338 e. The van der Waals surface area contributed by atoms with Gasteiger partial charge in [0.25, 0.3) is 5.91 Å². The van der Waals surface area contributed by atoms with Gasteiger partial charge >= 0.3 is 5.97 Å². The molecule has 0 spiro atoms. The fourth-order valence-corrected chi connectivity index (χ4v) is 3.76. The summed E-state index contributed by atoms with van der Waals surface area (Å²) in [5.74, 6) is 0.776. The highest BCUT2D eigenvalue weighted by molar-refractivity contribution is 6.07. The third kappa shape index (κ3) is 5.90. The summed E-state index contributed by atoms with van der Waals surface area (Å²) < 4.78 is 26.5. The van der Waals surface area contributed by atoms with E-state index in [1.54, 1.807) is 60.7 Å². The third-order valence-electron chi connectivity index (χ3n) is 5.57. The molecule has 1 heterocycles. The number of benzene rings is 3. The molecule has 1 aliphatic heterocycles. The van der Waals surface area contributed by atoms with Gasteiger partial charge in [-0.3, -0.25) is 9.59 Å². The maximum atomic E-state index is 12.8. The predicted molar refractivity (Wildman–Crippen MR) is 136 cm³/mol. The van der Waals surface area contributed by atoms with Gasteiger partial charge in [0, 0.05) is 16.8 Å². The minimum Gasteiger partial charge on any atom is -0.493 e. The van der Waals surface area contributed by atoms with E-state index in [2.05, 4.69) is 5.32 Å². The zero-order chi connectivity index (χ0) is 26.4. The molecule has 1 aliphatic rings. The molecule has 1 amide bonds. The van der Waals surface area contributed by atoms with Crippen LogP contribution in [0.2, 0.25) is 0 Å². The summed E-state index contributed by atoms with van der Waals surface area (Å²) >= 11 is 0. The normalized spacial score (nSPS) is 12.0. The molecule has 0 atom stereocenters. The lowest BCUT2D eigenvalue weighted by Crippen LogP contribution is -2.20. The Morgan fingerprint density at radius 1 is 0.973 bits per heavy atom. The first-order valence-corrected chi connectivity index (χ1v) is 11.3. The molecule has 0 saturated carbocycles. The van der Waals surface area contributed by atoms with Gasteiger partial charge in [-0.25, -0.2) is 4.79 Å². The average Bonchev–Trinajstić information content (AvgIpc) is 3.29. The molecular formula is C28H25NO8. The number of methoxy groups -OCH3 is 3. The van der Waals surface area contributed by atoms with E-state index >= 15 is 0 Å². The molecule has 1 N–H and O–H groups in total. The zero-order valence-electron chi connectivity index (χ0n) is 20.5. The third-order valence-corrected chi connectivity index (χ3v) is 5.57. The van der Waals surface area contributed by atoms with Gasteiger partial charge in [0.2, 0.25) is 5.75 Å². The first-order chi connectivity index (χ1) is 17.9. The minimum atomic E-state index is -0.385. The molecule has 0 fully saturated rings. The summed E-state index contributed by atoms with van der Waals surface area (Å²) in [5.41, 5.74) is 2.83. The van der Waals surface area contributed by atoms with Crippen molar-refractivity contribution in [3.8, 4) is 23.0 Å². The molecule has 0 radical (unpaired) electrons. The van der Waals surface area contributed by atoms with E-state index in [0.29, 0.717) is 45.4 Å². The quantitative estimate of drug-likeness (QED) is 0.248. The van der Waals surface area contributed by atoms with Crippen LogP contribution in [0.4, 0.5) is 5.69 Å². The van der Waals surface area contributed by atoms with Crippen LogP contribution < -0.4 is 24.3 Å². The number of nitrogens with one attached hydrogen (secondary N) is 1. The Bertz CT molecular complexity index is 1350. The number of anilines is 1. The van der Waals surface area contributed by atoms with Crippen LogP contribution in [0.1, 0.15) is 31.8 Å². The van der Waals surface area contributed by atoms with Crippen LogP contribution in [0.3, 0.4) is 0 Å². The lowest BCUT2D eigenvalue weighted by atomic mass is 10.1. The zero-order valence-corrected chi connectivity index (χ0v) is 20.5. The number of cyclic esters (lactones) is 1. The van der Waals surface area contributed by atoms with Crippen LogP contribution in [-0.4, -0.2) is 45.6 Å². The number of amides is 1. The highest BCUT2D eigenvalue weighted by Gasteiger charge is 2.21. The average molecular weight is 504 g/mol. The van der Waals surface area contributed by atoms with Crippen molar-refractivity contribution in [2.75, 3.05) is 33.3 Å². The standard InChI is InChI=1S/C28H25NO8/c1-33-24-11-17(12-25(34-2)27(24)35-3)7-10-23(30)18-5-4-6-21(14-18)36-16-26(31)29-20-8-9-22-19(13-20)15-37-28(22)32/h4-14H,15-16H2,1-3H3,(H,29,31)/b10-7+. The van der Waals surface area contributed by atoms with Gasteiger partial charge in [-0.05, 0) is 54.1 Å². The summed E-state index contributed by atoms with van der Waals surface area (Å²) in [6.07, 6.45) is 3.07. The number of ketones is 1. The van der Waals surface area contributed by atoms with Crippen LogP contribution in [0.5, 0.6) is 23.0 Å². The predicted octanol–water partition coefficient (Wildman–Crippen LogP) is 4.30. The highest BCUT2D eigenvalue weighted by Crippen LogP contribution is 2.38. The van der Waals surface area contributed by atoms with E-state index < -0.39 is 0 Å². The molecule has 0 aliphatic carbocycles. The molecule has 9 heteroatoms. The van der Waals surface area contributed by atoms with Crippen LogP contribution >= 0.6 is 0 Å². The topological polar surface area (TPSA) is 109 Å². The van der Waals surface area contributed by atoms with Crippen LogP contribution in [-0.2, 0) is 16.1 Å². The van der Waals surface area contributed by atoms with E-state index in [1.807, 2.05) is 0 Å². The lowest BCUT2D eigenvalue weighted by molar-refractivity contribution is -0.118. The number of allylic oxidation sites excluding steroid dienone is 1. The van der Waals surface area contributed by atoms with Gasteiger partial charge in [0.15, 0.2) is 23.9 Å². The van der Waals surface area contributed by atoms with Crippen molar-refractivity contribution in [3.63, 3.8) is 0 Å². The number of fused-ring (bicyclic) bond motifs is 1. The molecule has 0 unspecified atom stereocenters. The monoisotopic (exact) mass is 503 g/mol. The number of carbonyl (C=O) groups excluding carboxylic acids is 3. The second-order valence-electron chi connectivity index (χ2n) is 7.97. The molecule has 3 aromatic rings. The Kier molecular flexibility index (Phi) is 7.73. The summed E-state index contributed by atoms with van der Waals surface area (Å²) in [5, 5.41) is 2.72. The molecule has 37 heavy (non-hydrogen) atoms. The van der Waals surface area contributed by atoms with Gasteiger partial charge < -0.3 is 29.0 Å². The Labute approximate surface area is 213 Å². The number of carbonyl (C=O) groups is 3. The number of ether oxygens (including phenoxy) is 5. The maximum Gasteiger partial charge on any atom is 0.338 e. The van der Waals surface area contributed by atoms with Crippen molar-refractivity contribution in [3.05, 3.63) is 82.9 Å². The molecule has 4 rings (SSSR count). The highest BCUT2D eigenvalue weighted by atomic mass is 16.5. The van der Waals surface area contributed by atoms with Crippen LogP contribution in [0.15, 0.2) is 60.7 Å². The van der Waals surface area contributed by atoms with Gasteiger partial charge in [-0.2, -0.15) is 0 Å². The van der Waals surface area contributed by atoms with Gasteiger partial charge in [0.1, 0.15) is 12.4 Å². The van der Waals surface area contributed by atoms with Crippen molar-refractivity contribution in [1.29, 1.82) is 0 Å². The second-order valence-corrected chi connectivity index (χ2v) is 7.97. The second kappa shape index (κ2) is 11.3. The Hall–Kier alpha value is -4.79. The molecule has 0 aromatic heterocycles. The van der Waals surface area contributed by atoms with E-state index in [0.717, 1.165) is 5.56 Å². The van der Waals surface area contributed by atoms with E-state index in [9.17, 15) is 14.4 Å². The van der Waals surface area contributed by atoms with Gasteiger partial charge in [-0.1, -0.05) is 18.2 Å². The van der Waals surface area contributed by atoms with Gasteiger partial charge in [0.05, 0.1) is 26.9 Å². The van der Waals surface area contributed by atoms with E-state index in [1.165, 1.54) is 27.4 Å². The SMILES string of the molecule is COc1cc(/C=C/C(=O)c2cccc(OCC(=O)Nc3ccc4c(c3)COC4=O)c2)cc(OC)c1OC. The Morgan fingerprint density at radius 2 is 1.73 bits per heavy atom. The number of rotatable bonds is 10. The van der Waals surface area contributed by atoms with E-state index in [4.69, 9.17) is 23.7 Å². The fraction of sp³-hybridized carbons (Fsp3) is 0.179. The number of esters is 1. The van der Waals surface area contributed by atoms with Crippen molar-refractivity contribution >= 4 is 29.4 Å². The van der Waals surface area contributed by atoms with Crippen LogP contribution in [0, 0.1) is 0 Å². The number of hydrogen-bond donors (Lipinski definition) is 1. The van der Waals surface area contributed by atoms with Crippen molar-refractivity contribution in [2.24, 2.45) is 0 Å². The molecule has 9 nitrogen and oxygen atoms in total. The lowest BCUT2D eigenvalue weighted by Gasteiger charge is -2.12. The molecule has 0 bridgehead atoms. The van der Waals surface area contributed by atoms with Crippen LogP contribution in [0.25, 0.3) is 6.08 Å². The molecule has 0 saturated heterocycles. The Morgan fingerprint density at radius 3 is 2.43 bits per heavy atom.